The number of aryl methyl sites for hydroxylation is 2. The van der Waals surface area contributed by atoms with Crippen LogP contribution in [0.1, 0.15) is 58.0 Å². The van der Waals surface area contributed by atoms with Crippen LogP contribution in [0.4, 0.5) is 0 Å². The summed E-state index contributed by atoms with van der Waals surface area (Å²) in [7, 11) is 4.07. The Morgan fingerprint density at radius 1 is 1.41 bits per heavy atom. The molecule has 0 spiro atoms. The van der Waals surface area contributed by atoms with Crippen LogP contribution >= 0.6 is 0 Å². The minimum Gasteiger partial charge on any atom is -0.312 e. The maximum absolute atomic E-state index is 4.52. The lowest BCUT2D eigenvalue weighted by Gasteiger charge is -2.23. The molecule has 0 aromatic carbocycles. The Kier molecular flexibility index (Phi) is 4.75. The molecular formula is C14H27N3. The van der Waals surface area contributed by atoms with Crippen LogP contribution in [0.25, 0.3) is 0 Å². The Hall–Kier alpha value is -0.830. The second kappa shape index (κ2) is 5.67. The summed E-state index contributed by atoms with van der Waals surface area (Å²) in [6, 6.07) is 2.64. The van der Waals surface area contributed by atoms with E-state index < -0.39 is 0 Å². The molecule has 3 nitrogen and oxygen atoms in total. The zero-order chi connectivity index (χ0) is 13.1. The van der Waals surface area contributed by atoms with Crippen molar-refractivity contribution in [2.24, 2.45) is 12.5 Å². The van der Waals surface area contributed by atoms with Crippen molar-refractivity contribution >= 4 is 0 Å². The minimum atomic E-state index is 0.390. The second-order valence-corrected chi connectivity index (χ2v) is 5.98. The first kappa shape index (κ1) is 14.2. The van der Waals surface area contributed by atoms with Gasteiger partial charge < -0.3 is 5.32 Å². The number of rotatable bonds is 5. The number of hydrogen-bond acceptors (Lipinski definition) is 2. The Labute approximate surface area is 106 Å². The maximum atomic E-state index is 4.52. The van der Waals surface area contributed by atoms with Gasteiger partial charge >= 0.3 is 0 Å². The zero-order valence-electron chi connectivity index (χ0n) is 12.2. The molecule has 98 valence electrons. The topological polar surface area (TPSA) is 29.9 Å². The third kappa shape index (κ3) is 4.15. The largest absolute Gasteiger partial charge is 0.312 e. The van der Waals surface area contributed by atoms with Crippen LogP contribution in [0.3, 0.4) is 0 Å². The smallest absolute Gasteiger partial charge is 0.0625 e. The molecule has 0 bridgehead atoms. The fraction of sp³-hybridized carbons (Fsp3) is 0.786. The summed E-state index contributed by atoms with van der Waals surface area (Å²) in [6.07, 6.45) is 3.37. The van der Waals surface area contributed by atoms with E-state index in [1.165, 1.54) is 17.8 Å². The highest BCUT2D eigenvalue weighted by molar-refractivity contribution is 5.14. The predicted molar refractivity (Wildman–Crippen MR) is 73.1 cm³/mol. The van der Waals surface area contributed by atoms with Crippen LogP contribution in [-0.2, 0) is 13.5 Å². The van der Waals surface area contributed by atoms with Crippen molar-refractivity contribution < 1.29 is 0 Å². The fourth-order valence-corrected chi connectivity index (χ4v) is 2.06. The van der Waals surface area contributed by atoms with E-state index in [1.54, 1.807) is 0 Å². The Morgan fingerprint density at radius 3 is 2.47 bits per heavy atom. The molecule has 1 rings (SSSR count). The van der Waals surface area contributed by atoms with E-state index in [0.717, 1.165) is 12.8 Å². The molecular weight excluding hydrogens is 210 g/mol. The van der Waals surface area contributed by atoms with Gasteiger partial charge in [0.05, 0.1) is 11.4 Å². The van der Waals surface area contributed by atoms with Crippen molar-refractivity contribution in [1.29, 1.82) is 0 Å². The van der Waals surface area contributed by atoms with Crippen LogP contribution in [0, 0.1) is 5.41 Å². The SMILES string of the molecule is CCc1cc(C(CCC(C)(C)C)NC)n(C)n1. The minimum absolute atomic E-state index is 0.390. The number of nitrogens with zero attached hydrogens (tertiary/aromatic N) is 2. The first-order valence-corrected chi connectivity index (χ1v) is 6.57. The summed E-state index contributed by atoms with van der Waals surface area (Å²) < 4.78 is 2.02. The van der Waals surface area contributed by atoms with Gasteiger partial charge in [-0.1, -0.05) is 27.7 Å². The summed E-state index contributed by atoms with van der Waals surface area (Å²) in [5.74, 6) is 0. The van der Waals surface area contributed by atoms with E-state index in [4.69, 9.17) is 0 Å². The molecule has 0 aliphatic rings. The molecule has 3 heteroatoms. The van der Waals surface area contributed by atoms with Crippen LogP contribution in [-0.4, -0.2) is 16.8 Å². The van der Waals surface area contributed by atoms with Gasteiger partial charge in [0.1, 0.15) is 0 Å². The highest BCUT2D eigenvalue weighted by Gasteiger charge is 2.18. The van der Waals surface area contributed by atoms with Crippen LogP contribution in [0.5, 0.6) is 0 Å². The fourth-order valence-electron chi connectivity index (χ4n) is 2.06. The van der Waals surface area contributed by atoms with E-state index >= 15 is 0 Å². The highest BCUT2D eigenvalue weighted by Crippen LogP contribution is 2.27. The van der Waals surface area contributed by atoms with Crippen LogP contribution in [0.2, 0.25) is 0 Å². The molecule has 0 saturated heterocycles. The lowest BCUT2D eigenvalue weighted by molar-refractivity contribution is 0.333. The van der Waals surface area contributed by atoms with Gasteiger partial charge in [0.2, 0.25) is 0 Å². The van der Waals surface area contributed by atoms with E-state index in [-0.39, 0.29) is 0 Å². The van der Waals surface area contributed by atoms with Gasteiger partial charge in [-0.2, -0.15) is 5.10 Å². The Morgan fingerprint density at radius 2 is 2.06 bits per heavy atom. The van der Waals surface area contributed by atoms with Gasteiger partial charge in [-0.3, -0.25) is 4.68 Å². The van der Waals surface area contributed by atoms with Crippen molar-refractivity contribution in [2.45, 2.75) is 53.0 Å². The zero-order valence-corrected chi connectivity index (χ0v) is 12.2. The summed E-state index contributed by atoms with van der Waals surface area (Å²) in [4.78, 5) is 0. The first-order chi connectivity index (χ1) is 7.87. The van der Waals surface area contributed by atoms with Gasteiger partial charge in [-0.15, -0.1) is 0 Å². The molecule has 0 aliphatic carbocycles. The van der Waals surface area contributed by atoms with Crippen LogP contribution in [0.15, 0.2) is 6.07 Å². The summed E-state index contributed by atoms with van der Waals surface area (Å²) in [5.41, 5.74) is 2.87. The van der Waals surface area contributed by atoms with Crippen molar-refractivity contribution in [3.05, 3.63) is 17.5 Å². The lowest BCUT2D eigenvalue weighted by atomic mass is 9.88. The monoisotopic (exact) mass is 237 g/mol. The number of aromatic nitrogens is 2. The van der Waals surface area contributed by atoms with Gasteiger partial charge in [-0.25, -0.2) is 0 Å². The van der Waals surface area contributed by atoms with Crippen molar-refractivity contribution in [3.63, 3.8) is 0 Å². The average molecular weight is 237 g/mol. The maximum Gasteiger partial charge on any atom is 0.0625 e. The van der Waals surface area contributed by atoms with Gasteiger partial charge in [0, 0.05) is 13.1 Å². The quantitative estimate of drug-likeness (QED) is 0.853. The third-order valence-corrected chi connectivity index (χ3v) is 3.22. The summed E-state index contributed by atoms with van der Waals surface area (Å²) in [6.45, 7) is 9.02. The molecule has 1 aromatic rings. The highest BCUT2D eigenvalue weighted by atomic mass is 15.3. The molecule has 0 amide bonds. The molecule has 0 radical (unpaired) electrons. The van der Waals surface area contributed by atoms with Crippen molar-refractivity contribution in [1.82, 2.24) is 15.1 Å². The average Bonchev–Trinajstić information content (AvgIpc) is 2.60. The molecule has 1 heterocycles. The lowest BCUT2D eigenvalue weighted by Crippen LogP contribution is -2.21. The second-order valence-electron chi connectivity index (χ2n) is 5.98. The molecule has 17 heavy (non-hydrogen) atoms. The number of nitrogens with one attached hydrogen (secondary N) is 1. The van der Waals surface area contributed by atoms with E-state index in [2.05, 4.69) is 44.2 Å². The van der Waals surface area contributed by atoms with Gasteiger partial charge in [0.25, 0.3) is 0 Å². The van der Waals surface area contributed by atoms with Gasteiger partial charge in [-0.05, 0) is 37.8 Å². The Bertz CT molecular complexity index is 347. The van der Waals surface area contributed by atoms with E-state index in [1.807, 2.05) is 18.8 Å². The predicted octanol–water partition coefficient (Wildman–Crippen LogP) is 3.07. The van der Waals surface area contributed by atoms with Crippen molar-refractivity contribution in [3.8, 4) is 0 Å². The summed E-state index contributed by atoms with van der Waals surface area (Å²) >= 11 is 0. The van der Waals surface area contributed by atoms with E-state index in [0.29, 0.717) is 11.5 Å². The number of hydrogen-bond donors (Lipinski definition) is 1. The summed E-state index contributed by atoms with van der Waals surface area (Å²) in [5, 5.41) is 7.93. The standard InChI is InChI=1S/C14H27N3/c1-7-11-10-13(17(6)16-11)12(15-5)8-9-14(2,3)4/h10,12,15H,7-9H2,1-6H3. The molecule has 1 N–H and O–H groups in total. The molecule has 1 unspecified atom stereocenters. The normalized spacial score (nSPS) is 14.0. The molecule has 1 aromatic heterocycles. The van der Waals surface area contributed by atoms with Crippen molar-refractivity contribution in [2.75, 3.05) is 7.05 Å². The van der Waals surface area contributed by atoms with Crippen LogP contribution < -0.4 is 5.32 Å². The molecule has 0 aliphatic heterocycles. The Balaban J connectivity index is 2.75. The third-order valence-electron chi connectivity index (χ3n) is 3.22. The molecule has 0 fully saturated rings. The first-order valence-electron chi connectivity index (χ1n) is 6.57. The van der Waals surface area contributed by atoms with E-state index in [9.17, 15) is 0 Å². The molecule has 1 atom stereocenters. The van der Waals surface area contributed by atoms with Gasteiger partial charge in [0.15, 0.2) is 0 Å². The molecule has 0 saturated carbocycles.